The molecule has 0 spiro atoms. The first-order valence-corrected chi connectivity index (χ1v) is 6.10. The molecule has 0 saturated carbocycles. The van der Waals surface area contributed by atoms with Gasteiger partial charge < -0.3 is 26.3 Å². The number of ether oxygens (including phenoxy) is 2. The number of guanidine groups is 1. The van der Waals surface area contributed by atoms with Crippen LogP contribution in [0.25, 0.3) is 0 Å². The number of rotatable bonds is 2. The van der Waals surface area contributed by atoms with Gasteiger partial charge >= 0.3 is 0 Å². The molecule has 0 radical (unpaired) electrons. The summed E-state index contributed by atoms with van der Waals surface area (Å²) in [5.41, 5.74) is 12.0. The molecule has 2 aliphatic heterocycles. The third-order valence-corrected chi connectivity index (χ3v) is 3.09. The van der Waals surface area contributed by atoms with Gasteiger partial charge in [0.15, 0.2) is 17.5 Å². The van der Waals surface area contributed by atoms with E-state index in [1.165, 1.54) is 0 Å². The fourth-order valence-electron chi connectivity index (χ4n) is 2.15. The largest absolute Gasteiger partial charge is 0.454 e. The summed E-state index contributed by atoms with van der Waals surface area (Å²) in [5, 5.41) is 3.19. The van der Waals surface area contributed by atoms with Crippen molar-refractivity contribution in [2.75, 3.05) is 6.79 Å². The Kier molecular flexibility index (Phi) is 2.76. The van der Waals surface area contributed by atoms with Gasteiger partial charge in [0.2, 0.25) is 6.79 Å². The third-order valence-electron chi connectivity index (χ3n) is 2.90. The lowest BCUT2D eigenvalue weighted by Gasteiger charge is -2.30. The van der Waals surface area contributed by atoms with E-state index in [4.69, 9.17) is 32.5 Å². The maximum Gasteiger partial charge on any atom is 0.231 e. The summed E-state index contributed by atoms with van der Waals surface area (Å²) in [6.07, 6.45) is 2.13. The van der Waals surface area contributed by atoms with Crippen LogP contribution in [0, 0.1) is 0 Å². The fourth-order valence-corrected chi connectivity index (χ4v) is 2.43. The molecule has 3 rings (SSSR count). The topological polar surface area (TPSA) is 94.9 Å². The lowest BCUT2D eigenvalue weighted by atomic mass is 9.99. The van der Waals surface area contributed by atoms with E-state index < -0.39 is 5.66 Å². The van der Waals surface area contributed by atoms with E-state index in [1.54, 1.807) is 6.08 Å². The molecule has 1 aromatic carbocycles. The minimum absolute atomic E-state index is 0.204. The van der Waals surface area contributed by atoms with Gasteiger partial charge in [-0.1, -0.05) is 17.7 Å². The number of nitrogens with two attached hydrogens (primary N) is 2. The lowest BCUT2D eigenvalue weighted by Crippen LogP contribution is -2.59. The van der Waals surface area contributed by atoms with Gasteiger partial charge in [0.1, 0.15) is 10.8 Å². The van der Waals surface area contributed by atoms with Gasteiger partial charge in [0.25, 0.3) is 0 Å². The molecule has 0 aromatic heterocycles. The average molecular weight is 281 g/mol. The van der Waals surface area contributed by atoms with Crippen LogP contribution in [0.3, 0.4) is 0 Å². The zero-order valence-corrected chi connectivity index (χ0v) is 10.8. The van der Waals surface area contributed by atoms with Gasteiger partial charge in [-0.15, -0.1) is 0 Å². The monoisotopic (exact) mass is 280 g/mol. The predicted molar refractivity (Wildman–Crippen MR) is 71.9 cm³/mol. The number of halogens is 1. The van der Waals surface area contributed by atoms with Crippen LogP contribution in [0.5, 0.6) is 11.5 Å². The summed E-state index contributed by atoms with van der Waals surface area (Å²) in [6.45, 7) is 0.246. The summed E-state index contributed by atoms with van der Waals surface area (Å²) in [7, 11) is 0. The van der Waals surface area contributed by atoms with Crippen molar-refractivity contribution in [3.05, 3.63) is 35.0 Å². The Morgan fingerprint density at radius 3 is 2.95 bits per heavy atom. The molecule has 2 aliphatic rings. The van der Waals surface area contributed by atoms with Gasteiger partial charge in [0.05, 0.1) is 0 Å². The Morgan fingerprint density at radius 2 is 2.16 bits per heavy atom. The minimum Gasteiger partial charge on any atom is -0.454 e. The van der Waals surface area contributed by atoms with Crippen LogP contribution < -0.4 is 26.3 Å². The number of fused-ring (bicyclic) bond motifs is 1. The van der Waals surface area contributed by atoms with Crippen LogP contribution in [-0.2, 0) is 6.42 Å². The van der Waals surface area contributed by atoms with Crippen molar-refractivity contribution in [2.45, 2.75) is 12.1 Å². The highest BCUT2D eigenvalue weighted by molar-refractivity contribution is 6.30. The van der Waals surface area contributed by atoms with Crippen molar-refractivity contribution in [3.63, 3.8) is 0 Å². The molecule has 19 heavy (non-hydrogen) atoms. The molecule has 7 heteroatoms. The number of hydrogen-bond donors (Lipinski definition) is 3. The molecule has 1 atom stereocenters. The Labute approximate surface area is 115 Å². The van der Waals surface area contributed by atoms with E-state index >= 15 is 0 Å². The number of aliphatic imine (C=N–C) groups is 1. The summed E-state index contributed by atoms with van der Waals surface area (Å²) >= 11 is 5.88. The van der Waals surface area contributed by atoms with Crippen molar-refractivity contribution in [1.82, 2.24) is 5.32 Å². The van der Waals surface area contributed by atoms with Gasteiger partial charge in [-0.2, -0.15) is 0 Å². The van der Waals surface area contributed by atoms with Crippen molar-refractivity contribution in [2.24, 2.45) is 16.5 Å². The Bertz CT molecular complexity index is 587. The molecule has 1 aromatic rings. The van der Waals surface area contributed by atoms with Crippen LogP contribution in [0.4, 0.5) is 0 Å². The normalized spacial score (nSPS) is 24.5. The third kappa shape index (κ3) is 2.45. The van der Waals surface area contributed by atoms with E-state index in [1.807, 2.05) is 18.2 Å². The zero-order chi connectivity index (χ0) is 13.5. The van der Waals surface area contributed by atoms with Crippen molar-refractivity contribution in [1.29, 1.82) is 0 Å². The summed E-state index contributed by atoms with van der Waals surface area (Å²) in [6, 6.07) is 5.67. The summed E-state index contributed by atoms with van der Waals surface area (Å²) in [4.78, 5) is 3.86. The molecular formula is C12H13ClN4O2. The Balaban J connectivity index is 1.83. The fraction of sp³-hybridized carbons (Fsp3) is 0.250. The maximum absolute atomic E-state index is 6.21. The van der Waals surface area contributed by atoms with Gasteiger partial charge in [0, 0.05) is 6.42 Å². The molecule has 0 bridgehead atoms. The average Bonchev–Trinajstić information content (AvgIpc) is 2.73. The van der Waals surface area contributed by atoms with E-state index in [0.717, 1.165) is 11.3 Å². The second-order valence-electron chi connectivity index (χ2n) is 4.49. The number of benzene rings is 1. The Hall–Kier alpha value is -1.92. The molecule has 0 aliphatic carbocycles. The van der Waals surface area contributed by atoms with Gasteiger partial charge in [-0.25, -0.2) is 4.99 Å². The standard InChI is InChI=1S/C12H13ClN4O2/c13-10-5-12(15,17-11(14)16-10)4-7-1-2-8-9(3-7)19-6-18-8/h1-3,5H,4,6,15H2,(H3,14,16,17). The SMILES string of the molecule is NC1=NC(Cl)=CC(N)(Cc2ccc3c(c2)OCO3)N1. The van der Waals surface area contributed by atoms with E-state index in [0.29, 0.717) is 12.2 Å². The number of hydrogen-bond acceptors (Lipinski definition) is 6. The second kappa shape index (κ2) is 4.32. The molecular weight excluding hydrogens is 268 g/mol. The predicted octanol–water partition coefficient (Wildman–Crippen LogP) is 0.611. The smallest absolute Gasteiger partial charge is 0.231 e. The van der Waals surface area contributed by atoms with Crippen molar-refractivity contribution < 1.29 is 9.47 Å². The van der Waals surface area contributed by atoms with E-state index in [2.05, 4.69) is 10.3 Å². The molecule has 6 nitrogen and oxygen atoms in total. The van der Waals surface area contributed by atoms with Crippen LogP contribution in [0.15, 0.2) is 34.4 Å². The molecule has 0 fully saturated rings. The summed E-state index contributed by atoms with van der Waals surface area (Å²) < 4.78 is 10.6. The highest BCUT2D eigenvalue weighted by atomic mass is 35.5. The molecule has 2 heterocycles. The van der Waals surface area contributed by atoms with Crippen LogP contribution in [0.1, 0.15) is 5.56 Å². The van der Waals surface area contributed by atoms with Gasteiger partial charge in [-0.3, -0.25) is 0 Å². The molecule has 0 saturated heterocycles. The second-order valence-corrected chi connectivity index (χ2v) is 4.88. The summed E-state index contributed by atoms with van der Waals surface area (Å²) in [5.74, 6) is 1.66. The highest BCUT2D eigenvalue weighted by Crippen LogP contribution is 2.33. The van der Waals surface area contributed by atoms with Crippen molar-refractivity contribution in [3.8, 4) is 11.5 Å². The molecule has 100 valence electrons. The molecule has 5 N–H and O–H groups in total. The lowest BCUT2D eigenvalue weighted by molar-refractivity contribution is 0.174. The first kappa shape index (κ1) is 12.1. The molecule has 0 amide bonds. The van der Waals surface area contributed by atoms with Crippen LogP contribution in [0.2, 0.25) is 0 Å². The van der Waals surface area contributed by atoms with Crippen LogP contribution in [-0.4, -0.2) is 18.4 Å². The van der Waals surface area contributed by atoms with Gasteiger partial charge in [-0.05, 0) is 23.8 Å². The number of nitrogens with one attached hydrogen (secondary N) is 1. The quantitative estimate of drug-likeness (QED) is 0.690. The molecule has 1 unspecified atom stereocenters. The zero-order valence-electron chi connectivity index (χ0n) is 10.0. The highest BCUT2D eigenvalue weighted by Gasteiger charge is 2.28. The maximum atomic E-state index is 6.21. The number of nitrogens with zero attached hydrogens (tertiary/aromatic N) is 1. The van der Waals surface area contributed by atoms with Crippen molar-refractivity contribution >= 4 is 17.6 Å². The van der Waals surface area contributed by atoms with E-state index in [9.17, 15) is 0 Å². The Morgan fingerprint density at radius 1 is 1.37 bits per heavy atom. The van der Waals surface area contributed by atoms with Crippen LogP contribution >= 0.6 is 11.6 Å². The minimum atomic E-state index is -0.864. The first-order chi connectivity index (χ1) is 9.04. The van der Waals surface area contributed by atoms with E-state index in [-0.39, 0.29) is 17.9 Å². The first-order valence-electron chi connectivity index (χ1n) is 5.72.